The number of carboxylic acids is 1. The molecule has 0 aliphatic heterocycles. The second-order valence-corrected chi connectivity index (χ2v) is 9.43. The van der Waals surface area contributed by atoms with E-state index in [-0.39, 0.29) is 12.5 Å². The summed E-state index contributed by atoms with van der Waals surface area (Å²) in [5.74, 6) is 0.314. The lowest BCUT2D eigenvalue weighted by Crippen LogP contribution is -2.29. The maximum absolute atomic E-state index is 11.4. The van der Waals surface area contributed by atoms with Gasteiger partial charge in [-0.25, -0.2) is 4.98 Å². The Morgan fingerprint density at radius 2 is 1.82 bits per heavy atom. The smallest absolute Gasteiger partial charge is 0.309 e. The van der Waals surface area contributed by atoms with Crippen LogP contribution >= 0.6 is 11.3 Å². The van der Waals surface area contributed by atoms with Crippen molar-refractivity contribution in [3.8, 4) is 11.5 Å². The molecule has 0 radical (unpaired) electrons. The molecule has 0 unspecified atom stereocenters. The van der Waals surface area contributed by atoms with Crippen molar-refractivity contribution in [2.75, 3.05) is 21.3 Å². The molecule has 182 valence electrons. The lowest BCUT2D eigenvalue weighted by Gasteiger charge is -2.27. The summed E-state index contributed by atoms with van der Waals surface area (Å²) < 4.78 is 22.6. The number of aliphatic hydroxyl groups excluding tert-OH is 1. The van der Waals surface area contributed by atoms with Crippen LogP contribution in [0.1, 0.15) is 58.5 Å². The van der Waals surface area contributed by atoms with Gasteiger partial charge in [0.1, 0.15) is 17.6 Å². The summed E-state index contributed by atoms with van der Waals surface area (Å²) in [4.78, 5) is 16.6. The molecule has 1 heterocycles. The SMILES string of the molecule is COCc1sc(C[C@H](OC2CCCC2)[C@H](O)c2cc(OC)c(C)c(OC)c2)nc1CC(=O)O. The number of carbonyl (C=O) groups is 1. The van der Waals surface area contributed by atoms with Crippen molar-refractivity contribution in [1.82, 2.24) is 4.98 Å². The van der Waals surface area contributed by atoms with Crippen LogP contribution in [-0.4, -0.2) is 54.7 Å². The first-order valence-electron chi connectivity index (χ1n) is 11.1. The van der Waals surface area contributed by atoms with Crippen LogP contribution in [0.2, 0.25) is 0 Å². The van der Waals surface area contributed by atoms with E-state index in [1.165, 1.54) is 11.3 Å². The highest BCUT2D eigenvalue weighted by atomic mass is 32.1. The Morgan fingerprint density at radius 1 is 1.18 bits per heavy atom. The molecule has 2 aromatic rings. The van der Waals surface area contributed by atoms with Gasteiger partial charge in [-0.3, -0.25) is 4.79 Å². The van der Waals surface area contributed by atoms with Gasteiger partial charge in [-0.15, -0.1) is 11.3 Å². The summed E-state index contributed by atoms with van der Waals surface area (Å²) >= 11 is 1.40. The molecule has 8 nitrogen and oxygen atoms in total. The van der Waals surface area contributed by atoms with Crippen LogP contribution in [0.3, 0.4) is 0 Å². The summed E-state index contributed by atoms with van der Waals surface area (Å²) in [6.45, 7) is 2.19. The molecule has 33 heavy (non-hydrogen) atoms. The average Bonchev–Trinajstić information content (AvgIpc) is 3.43. The van der Waals surface area contributed by atoms with E-state index in [9.17, 15) is 15.0 Å². The molecular formula is C24H33NO7S. The van der Waals surface area contributed by atoms with Crippen LogP contribution in [0.5, 0.6) is 11.5 Å². The standard InChI is InChI=1S/C24H33NO7S/c1-14-18(30-3)9-15(10-19(14)31-4)24(28)20(32-16-7-5-6-8-16)12-22-25-17(11-23(26)27)21(33-22)13-29-2/h9-10,16,20,24,28H,5-8,11-13H2,1-4H3,(H,26,27)/t20-,24+/m0/s1. The van der Waals surface area contributed by atoms with Crippen molar-refractivity contribution in [2.45, 2.75) is 70.4 Å². The van der Waals surface area contributed by atoms with Gasteiger partial charge in [0.25, 0.3) is 0 Å². The highest BCUT2D eigenvalue weighted by Crippen LogP contribution is 2.36. The first-order valence-corrected chi connectivity index (χ1v) is 11.9. The number of aliphatic hydroxyl groups is 1. The molecule has 1 aromatic heterocycles. The number of thiazole rings is 1. The number of methoxy groups -OCH3 is 3. The lowest BCUT2D eigenvalue weighted by molar-refractivity contribution is -0.136. The molecule has 1 aliphatic carbocycles. The van der Waals surface area contributed by atoms with Crippen molar-refractivity contribution < 1.29 is 34.0 Å². The number of aliphatic carboxylic acids is 1. The minimum absolute atomic E-state index is 0.0794. The fraction of sp³-hybridized carbons (Fsp3) is 0.583. The predicted octanol–water partition coefficient (Wildman–Crippen LogP) is 3.85. The normalized spacial score (nSPS) is 16.0. The first-order chi connectivity index (χ1) is 15.9. The van der Waals surface area contributed by atoms with Gasteiger partial charge in [-0.05, 0) is 37.5 Å². The van der Waals surface area contributed by atoms with E-state index in [4.69, 9.17) is 18.9 Å². The van der Waals surface area contributed by atoms with Gasteiger partial charge in [0.15, 0.2) is 0 Å². The van der Waals surface area contributed by atoms with Crippen molar-refractivity contribution >= 4 is 17.3 Å². The molecule has 1 fully saturated rings. The van der Waals surface area contributed by atoms with Gasteiger partial charge in [-0.1, -0.05) is 12.8 Å². The number of hydrogen-bond acceptors (Lipinski definition) is 8. The molecule has 0 amide bonds. The summed E-state index contributed by atoms with van der Waals surface area (Å²) in [6, 6.07) is 3.61. The Bertz CT molecular complexity index is 914. The van der Waals surface area contributed by atoms with Crippen molar-refractivity contribution in [3.05, 3.63) is 38.8 Å². The maximum atomic E-state index is 11.4. The van der Waals surface area contributed by atoms with Gasteiger partial charge in [0, 0.05) is 19.1 Å². The first kappa shape index (κ1) is 25.4. The molecule has 9 heteroatoms. The van der Waals surface area contributed by atoms with Crippen LogP contribution in [-0.2, 0) is 33.7 Å². The molecular weight excluding hydrogens is 446 g/mol. The molecule has 0 saturated heterocycles. The number of aromatic nitrogens is 1. The minimum atomic E-state index is -0.943. The van der Waals surface area contributed by atoms with Crippen molar-refractivity contribution in [2.24, 2.45) is 0 Å². The average molecular weight is 480 g/mol. The van der Waals surface area contributed by atoms with E-state index in [0.717, 1.165) is 36.1 Å². The number of ether oxygens (including phenoxy) is 4. The summed E-state index contributed by atoms with van der Waals surface area (Å²) in [5, 5.41) is 21.3. The second-order valence-electron chi connectivity index (χ2n) is 8.26. The Hall–Kier alpha value is -2.20. The Kier molecular flexibility index (Phi) is 9.08. The summed E-state index contributed by atoms with van der Waals surface area (Å²) in [5.41, 5.74) is 1.99. The Morgan fingerprint density at radius 3 is 2.36 bits per heavy atom. The molecule has 1 aliphatic rings. The van der Waals surface area contributed by atoms with E-state index in [1.807, 2.05) is 19.1 Å². The topological polar surface area (TPSA) is 107 Å². The predicted molar refractivity (Wildman–Crippen MR) is 124 cm³/mol. The van der Waals surface area contributed by atoms with E-state index in [0.29, 0.717) is 40.8 Å². The maximum Gasteiger partial charge on any atom is 0.309 e. The van der Waals surface area contributed by atoms with Crippen LogP contribution in [0.15, 0.2) is 12.1 Å². The third-order valence-electron chi connectivity index (χ3n) is 5.93. The highest BCUT2D eigenvalue weighted by Gasteiger charge is 2.30. The van der Waals surface area contributed by atoms with E-state index in [2.05, 4.69) is 4.98 Å². The zero-order valence-electron chi connectivity index (χ0n) is 19.6. The van der Waals surface area contributed by atoms with Gasteiger partial charge < -0.3 is 29.2 Å². The van der Waals surface area contributed by atoms with Crippen LogP contribution < -0.4 is 9.47 Å². The third kappa shape index (κ3) is 6.44. The summed E-state index contributed by atoms with van der Waals surface area (Å²) in [7, 11) is 4.74. The Balaban J connectivity index is 1.91. The molecule has 1 saturated carbocycles. The zero-order valence-corrected chi connectivity index (χ0v) is 20.4. The largest absolute Gasteiger partial charge is 0.496 e. The molecule has 2 atom stereocenters. The number of rotatable bonds is 12. The van der Waals surface area contributed by atoms with Crippen molar-refractivity contribution in [1.29, 1.82) is 0 Å². The van der Waals surface area contributed by atoms with Gasteiger partial charge in [-0.2, -0.15) is 0 Å². The highest BCUT2D eigenvalue weighted by molar-refractivity contribution is 7.11. The molecule has 3 rings (SSSR count). The molecule has 0 bridgehead atoms. The minimum Gasteiger partial charge on any atom is -0.496 e. The number of benzene rings is 1. The van der Waals surface area contributed by atoms with Crippen molar-refractivity contribution in [3.63, 3.8) is 0 Å². The molecule has 1 aromatic carbocycles. The van der Waals surface area contributed by atoms with E-state index in [1.54, 1.807) is 21.3 Å². The molecule has 2 N–H and O–H groups in total. The van der Waals surface area contributed by atoms with Gasteiger partial charge in [0.2, 0.25) is 0 Å². The second kappa shape index (κ2) is 11.8. The Labute approximate surface area is 198 Å². The number of carboxylic acid groups (broad SMARTS) is 1. The van der Waals surface area contributed by atoms with E-state index >= 15 is 0 Å². The van der Waals surface area contributed by atoms with Crippen LogP contribution in [0.25, 0.3) is 0 Å². The van der Waals surface area contributed by atoms with Crippen LogP contribution in [0, 0.1) is 6.92 Å². The quantitative estimate of drug-likeness (QED) is 0.473. The number of hydrogen-bond donors (Lipinski definition) is 2. The lowest BCUT2D eigenvalue weighted by atomic mass is 9.99. The fourth-order valence-corrected chi connectivity index (χ4v) is 5.32. The fourth-order valence-electron chi connectivity index (χ4n) is 4.22. The van der Waals surface area contributed by atoms with E-state index < -0.39 is 18.2 Å². The number of nitrogens with zero attached hydrogens (tertiary/aromatic N) is 1. The summed E-state index contributed by atoms with van der Waals surface area (Å²) in [6.07, 6.45) is 2.92. The van der Waals surface area contributed by atoms with Gasteiger partial charge in [0.05, 0.1) is 55.0 Å². The zero-order chi connectivity index (χ0) is 24.0. The van der Waals surface area contributed by atoms with Crippen LogP contribution in [0.4, 0.5) is 0 Å². The monoisotopic (exact) mass is 479 g/mol. The molecule has 0 spiro atoms. The van der Waals surface area contributed by atoms with Gasteiger partial charge >= 0.3 is 5.97 Å². The third-order valence-corrected chi connectivity index (χ3v) is 7.02.